The van der Waals surface area contributed by atoms with Crippen molar-refractivity contribution in [1.29, 1.82) is 0 Å². The first-order chi connectivity index (χ1) is 17.7. The lowest BCUT2D eigenvalue weighted by molar-refractivity contribution is 0.0562. The van der Waals surface area contributed by atoms with E-state index in [1.54, 1.807) is 39.8 Å². The number of aryl methyl sites for hydroxylation is 1. The van der Waals surface area contributed by atoms with E-state index in [0.717, 1.165) is 9.87 Å². The highest BCUT2D eigenvalue weighted by atomic mass is 35.5. The number of H-pyrrole nitrogens is 1. The number of rotatable bonds is 5. The molecule has 9 nitrogen and oxygen atoms in total. The number of benzene rings is 2. The summed E-state index contributed by atoms with van der Waals surface area (Å²) in [6.07, 6.45) is -0.147. The van der Waals surface area contributed by atoms with Crippen molar-refractivity contribution in [1.82, 2.24) is 19.3 Å². The number of aromatic amines is 1. The smallest absolute Gasteiger partial charge is 0.422 e. The van der Waals surface area contributed by atoms with Crippen molar-refractivity contribution in [3.8, 4) is 0 Å². The average Bonchev–Trinajstić information content (AvgIpc) is 3.17. The van der Waals surface area contributed by atoms with Crippen LogP contribution in [0.15, 0.2) is 42.5 Å². The monoisotopic (exact) mass is 580 g/mol. The van der Waals surface area contributed by atoms with Crippen LogP contribution in [0.25, 0.3) is 10.9 Å². The van der Waals surface area contributed by atoms with Crippen molar-refractivity contribution in [3.63, 3.8) is 0 Å². The largest absolute Gasteiger partial charge is 0.443 e. The molecule has 2 aromatic carbocycles. The van der Waals surface area contributed by atoms with Gasteiger partial charge in [-0.1, -0.05) is 53.5 Å². The number of aromatic nitrogens is 1. The molecular weight excluding hydrogens is 551 g/mol. The zero-order valence-electron chi connectivity index (χ0n) is 21.5. The van der Waals surface area contributed by atoms with Crippen LogP contribution < -0.4 is 10.0 Å². The van der Waals surface area contributed by atoms with Gasteiger partial charge in [0.1, 0.15) is 11.3 Å². The van der Waals surface area contributed by atoms with Gasteiger partial charge in [0.15, 0.2) is 0 Å². The Morgan fingerprint density at radius 1 is 1.11 bits per heavy atom. The van der Waals surface area contributed by atoms with Gasteiger partial charge in [-0.15, -0.1) is 0 Å². The van der Waals surface area contributed by atoms with Crippen molar-refractivity contribution >= 4 is 56.3 Å². The van der Waals surface area contributed by atoms with E-state index in [2.05, 4.69) is 10.3 Å². The minimum Gasteiger partial charge on any atom is -0.443 e. The van der Waals surface area contributed by atoms with E-state index in [9.17, 15) is 18.0 Å². The van der Waals surface area contributed by atoms with E-state index in [-0.39, 0.29) is 13.1 Å². The Bertz CT molecular complexity index is 1480. The van der Waals surface area contributed by atoms with Gasteiger partial charge in [-0.25, -0.2) is 9.52 Å². The Kier molecular flexibility index (Phi) is 7.73. The molecule has 2 heterocycles. The molecule has 1 aliphatic rings. The number of piperidine rings is 1. The van der Waals surface area contributed by atoms with Gasteiger partial charge in [-0.2, -0.15) is 12.7 Å². The van der Waals surface area contributed by atoms with Gasteiger partial charge >= 0.3 is 16.3 Å². The predicted molar refractivity (Wildman–Crippen MR) is 148 cm³/mol. The number of carbonyl (C=O) groups is 2. The molecule has 0 aliphatic carbocycles. The highest BCUT2D eigenvalue weighted by molar-refractivity contribution is 7.87. The molecule has 1 fully saturated rings. The molecule has 0 spiro atoms. The van der Waals surface area contributed by atoms with E-state index < -0.39 is 33.3 Å². The minimum atomic E-state index is -4.26. The Morgan fingerprint density at radius 2 is 1.79 bits per heavy atom. The van der Waals surface area contributed by atoms with E-state index in [4.69, 9.17) is 27.9 Å². The van der Waals surface area contributed by atoms with Crippen LogP contribution in [0, 0.1) is 6.92 Å². The second-order valence-corrected chi connectivity index (χ2v) is 12.8. The molecule has 1 saturated heterocycles. The highest BCUT2D eigenvalue weighted by Crippen LogP contribution is 2.36. The fourth-order valence-corrected chi connectivity index (χ4v) is 6.34. The van der Waals surface area contributed by atoms with Crippen LogP contribution in [0.4, 0.5) is 4.79 Å². The van der Waals surface area contributed by atoms with Crippen LogP contribution in [0.1, 0.15) is 55.2 Å². The Balaban J connectivity index is 1.68. The molecule has 0 bridgehead atoms. The number of nitrogens with one attached hydrogen (secondary N) is 3. The third-order valence-corrected chi connectivity index (χ3v) is 8.64. The van der Waals surface area contributed by atoms with Gasteiger partial charge in [0.05, 0.1) is 15.6 Å². The second kappa shape index (κ2) is 10.4. The summed E-state index contributed by atoms with van der Waals surface area (Å²) in [6.45, 7) is 6.78. The molecular formula is C26H30Cl2N4O5S. The molecule has 2 amide bonds. The molecule has 1 unspecified atom stereocenters. The van der Waals surface area contributed by atoms with Crippen molar-refractivity contribution in [3.05, 3.63) is 69.3 Å². The van der Waals surface area contributed by atoms with Crippen LogP contribution in [0.2, 0.25) is 10.0 Å². The standard InChI is InChI=1S/C26H30Cl2N4O5S/c1-16-20-19(12-11-18(27)21(20)28)29-22(16)23(33)30-26(17-9-6-5-7-10-17)13-8-14-32(15-26)38(35,36)31-24(34)37-25(2,3)4/h5-7,9-12,29H,8,13-15H2,1-4H3,(H,30,33)(H,31,34). The van der Waals surface area contributed by atoms with Crippen LogP contribution >= 0.6 is 23.2 Å². The molecule has 1 atom stereocenters. The molecule has 0 radical (unpaired) electrons. The molecule has 1 aliphatic heterocycles. The number of ether oxygens (including phenoxy) is 1. The quantitative estimate of drug-likeness (QED) is 0.379. The van der Waals surface area contributed by atoms with Crippen molar-refractivity contribution in [2.75, 3.05) is 13.1 Å². The van der Waals surface area contributed by atoms with E-state index in [1.165, 1.54) is 0 Å². The van der Waals surface area contributed by atoms with Crippen LogP contribution in [0.5, 0.6) is 0 Å². The number of nitrogens with zero attached hydrogens (tertiary/aromatic N) is 1. The molecule has 38 heavy (non-hydrogen) atoms. The van der Waals surface area contributed by atoms with E-state index in [0.29, 0.717) is 45.0 Å². The normalized spacial score (nSPS) is 18.8. The summed E-state index contributed by atoms with van der Waals surface area (Å²) >= 11 is 12.6. The van der Waals surface area contributed by atoms with Crippen molar-refractivity contribution in [2.24, 2.45) is 0 Å². The zero-order chi connectivity index (χ0) is 27.9. The lowest BCUT2D eigenvalue weighted by Gasteiger charge is -2.43. The fourth-order valence-electron chi connectivity index (χ4n) is 4.74. The number of halogens is 2. The summed E-state index contributed by atoms with van der Waals surface area (Å²) in [7, 11) is -4.26. The zero-order valence-corrected chi connectivity index (χ0v) is 23.9. The molecule has 3 N–H and O–H groups in total. The minimum absolute atomic E-state index is 0.0905. The molecule has 12 heteroatoms. The number of hydrogen-bond acceptors (Lipinski definition) is 5. The summed E-state index contributed by atoms with van der Waals surface area (Å²) in [5.74, 6) is -0.422. The first-order valence-corrected chi connectivity index (χ1v) is 14.3. The molecule has 1 aromatic heterocycles. The number of hydrogen-bond donors (Lipinski definition) is 3. The van der Waals surface area contributed by atoms with Crippen LogP contribution in [0.3, 0.4) is 0 Å². The molecule has 4 rings (SSSR count). The SMILES string of the molecule is Cc1c(C(=O)NC2(c3ccccc3)CCCN(S(=O)(=O)NC(=O)OC(C)(C)C)C2)[nH]c2ccc(Cl)c(Cl)c12. The third-order valence-electron chi connectivity index (χ3n) is 6.42. The maximum absolute atomic E-state index is 13.7. The maximum atomic E-state index is 13.7. The number of fused-ring (bicyclic) bond motifs is 1. The Labute approximate surface area is 232 Å². The first kappa shape index (κ1) is 28.2. The molecule has 0 saturated carbocycles. The Morgan fingerprint density at radius 3 is 2.45 bits per heavy atom. The van der Waals surface area contributed by atoms with Crippen molar-refractivity contribution in [2.45, 2.75) is 51.7 Å². The van der Waals surface area contributed by atoms with Gasteiger partial charge in [-0.3, -0.25) is 4.79 Å². The van der Waals surface area contributed by atoms with Crippen molar-refractivity contribution < 1.29 is 22.7 Å². The van der Waals surface area contributed by atoms with Crippen LogP contribution in [-0.4, -0.2) is 48.4 Å². The molecule has 204 valence electrons. The number of carbonyl (C=O) groups excluding carboxylic acids is 2. The van der Waals surface area contributed by atoms with E-state index in [1.807, 2.05) is 35.1 Å². The summed E-state index contributed by atoms with van der Waals surface area (Å²) in [4.78, 5) is 29.1. The van der Waals surface area contributed by atoms with Gasteiger partial charge in [0.25, 0.3) is 5.91 Å². The summed E-state index contributed by atoms with van der Waals surface area (Å²) in [6, 6.07) is 12.6. The van der Waals surface area contributed by atoms with Crippen LogP contribution in [-0.2, 0) is 20.5 Å². The lowest BCUT2D eigenvalue weighted by atomic mass is 9.82. The highest BCUT2D eigenvalue weighted by Gasteiger charge is 2.43. The lowest BCUT2D eigenvalue weighted by Crippen LogP contribution is -2.59. The van der Waals surface area contributed by atoms with E-state index >= 15 is 0 Å². The summed E-state index contributed by atoms with van der Waals surface area (Å²) < 4.78 is 34.6. The summed E-state index contributed by atoms with van der Waals surface area (Å²) in [5.41, 5.74) is 0.384. The van der Waals surface area contributed by atoms with Gasteiger partial charge < -0.3 is 15.0 Å². The summed E-state index contributed by atoms with van der Waals surface area (Å²) in [5, 5.41) is 4.46. The number of amides is 2. The predicted octanol–water partition coefficient (Wildman–Crippen LogP) is 5.27. The third kappa shape index (κ3) is 5.78. The first-order valence-electron chi connectivity index (χ1n) is 12.1. The van der Waals surface area contributed by atoms with Gasteiger partial charge in [0.2, 0.25) is 0 Å². The molecule has 3 aromatic rings. The fraction of sp³-hybridized carbons (Fsp3) is 0.385. The average molecular weight is 582 g/mol. The Hall–Kier alpha value is -2.79. The van der Waals surface area contributed by atoms with Gasteiger partial charge in [-0.05, 0) is 63.8 Å². The van der Waals surface area contributed by atoms with Gasteiger partial charge in [0, 0.05) is 24.0 Å². The maximum Gasteiger partial charge on any atom is 0.422 e. The topological polar surface area (TPSA) is 121 Å². The second-order valence-electron chi connectivity index (χ2n) is 10.4.